The van der Waals surface area contributed by atoms with Crippen molar-refractivity contribution < 1.29 is 9.45 Å². The molecule has 0 aliphatic rings. The van der Waals surface area contributed by atoms with E-state index < -0.39 is 15.9 Å². The second-order valence-electron chi connectivity index (χ2n) is 6.08. The van der Waals surface area contributed by atoms with Gasteiger partial charge in [-0.05, 0) is 27.7 Å². The summed E-state index contributed by atoms with van der Waals surface area (Å²) in [6.45, 7) is 7.59. The summed E-state index contributed by atoms with van der Waals surface area (Å²) in [7, 11) is 0. The smallest absolute Gasteiger partial charge is 0.270 e. The molecule has 1 aromatic carbocycles. The third kappa shape index (κ3) is 2.78. The zero-order chi connectivity index (χ0) is 15.8. The van der Waals surface area contributed by atoms with Crippen LogP contribution in [0.2, 0.25) is 0 Å². The van der Waals surface area contributed by atoms with Gasteiger partial charge in [0.2, 0.25) is 11.7 Å². The van der Waals surface area contributed by atoms with Gasteiger partial charge in [0.25, 0.3) is 5.69 Å². The maximum Gasteiger partial charge on any atom is 0.270 e. The van der Waals surface area contributed by atoms with Crippen LogP contribution in [0.5, 0.6) is 0 Å². The topological polar surface area (TPSA) is 108 Å². The van der Waals surface area contributed by atoms with Crippen LogP contribution in [0.3, 0.4) is 0 Å². The minimum absolute atomic E-state index is 0.0164. The minimum atomic E-state index is -0.556. The Morgan fingerprint density at radius 3 is 2.52 bits per heavy atom. The highest BCUT2D eigenvalue weighted by atomic mass is 16.6. The van der Waals surface area contributed by atoms with Crippen LogP contribution in [-0.4, -0.2) is 20.6 Å². The lowest BCUT2D eigenvalue weighted by Crippen LogP contribution is -2.50. The average Bonchev–Trinajstić information content (AvgIpc) is 2.87. The van der Waals surface area contributed by atoms with Crippen molar-refractivity contribution in [3.8, 4) is 11.4 Å². The monoisotopic (exact) mass is 290 g/mol. The molecule has 1 aromatic heterocycles. The van der Waals surface area contributed by atoms with Crippen molar-refractivity contribution in [1.29, 1.82) is 0 Å². The zero-order valence-corrected chi connectivity index (χ0v) is 12.5. The van der Waals surface area contributed by atoms with Crippen LogP contribution in [0.4, 0.5) is 5.69 Å². The fraction of sp³-hybridized carbons (Fsp3) is 0.429. The molecule has 0 atom stereocenters. The number of non-ortho nitro benzene ring substituents is 1. The minimum Gasteiger partial charge on any atom is -0.338 e. The SMILES string of the molecule is CC(C)(N)C(C)(C)c1nc(-c2cccc([N+](=O)[O-])c2)no1. The lowest BCUT2D eigenvalue weighted by atomic mass is 9.75. The molecular weight excluding hydrogens is 272 g/mol. The molecular formula is C14H18N4O3. The Labute approximate surface area is 122 Å². The van der Waals surface area contributed by atoms with Crippen LogP contribution in [0.25, 0.3) is 11.4 Å². The molecule has 0 saturated carbocycles. The molecule has 0 radical (unpaired) electrons. The van der Waals surface area contributed by atoms with Crippen LogP contribution in [0, 0.1) is 10.1 Å². The quantitative estimate of drug-likeness (QED) is 0.685. The predicted octanol–water partition coefficient (Wildman–Crippen LogP) is 2.66. The first-order chi connectivity index (χ1) is 9.63. The summed E-state index contributed by atoms with van der Waals surface area (Å²) < 4.78 is 5.30. The van der Waals surface area contributed by atoms with Crippen molar-refractivity contribution in [1.82, 2.24) is 10.1 Å². The molecule has 0 bridgehead atoms. The molecule has 1 heterocycles. The molecule has 0 amide bonds. The number of hydrogen-bond acceptors (Lipinski definition) is 6. The van der Waals surface area contributed by atoms with E-state index in [1.165, 1.54) is 12.1 Å². The molecule has 0 aliphatic carbocycles. The van der Waals surface area contributed by atoms with E-state index in [1.807, 2.05) is 27.7 Å². The van der Waals surface area contributed by atoms with E-state index in [1.54, 1.807) is 12.1 Å². The van der Waals surface area contributed by atoms with Crippen molar-refractivity contribution in [2.45, 2.75) is 38.6 Å². The molecule has 7 heteroatoms. The molecule has 0 saturated heterocycles. The standard InChI is InChI=1S/C14H18N4O3/c1-13(2,14(3,4)15)12-16-11(17-21-12)9-6-5-7-10(8-9)18(19)20/h5-8H,15H2,1-4H3. The van der Waals surface area contributed by atoms with Crippen molar-refractivity contribution in [3.05, 3.63) is 40.3 Å². The summed E-state index contributed by atoms with van der Waals surface area (Å²) >= 11 is 0. The number of hydrogen-bond donors (Lipinski definition) is 1. The Bertz CT molecular complexity index is 671. The van der Waals surface area contributed by atoms with Gasteiger partial charge in [-0.3, -0.25) is 10.1 Å². The lowest BCUT2D eigenvalue weighted by molar-refractivity contribution is -0.384. The molecule has 21 heavy (non-hydrogen) atoms. The number of nitro groups is 1. The van der Waals surface area contributed by atoms with Gasteiger partial charge in [0.05, 0.1) is 10.3 Å². The summed E-state index contributed by atoms with van der Waals surface area (Å²) in [5, 5.41) is 14.7. The predicted molar refractivity (Wildman–Crippen MR) is 77.7 cm³/mol. The van der Waals surface area contributed by atoms with Gasteiger partial charge >= 0.3 is 0 Å². The normalized spacial score (nSPS) is 12.4. The summed E-state index contributed by atoms with van der Waals surface area (Å²) in [5.74, 6) is 0.711. The summed E-state index contributed by atoms with van der Waals surface area (Å²) in [6, 6.07) is 6.11. The number of aromatic nitrogens is 2. The second-order valence-corrected chi connectivity index (χ2v) is 6.08. The van der Waals surface area contributed by atoms with Gasteiger partial charge in [-0.1, -0.05) is 17.3 Å². The fourth-order valence-electron chi connectivity index (χ4n) is 1.63. The van der Waals surface area contributed by atoms with Crippen LogP contribution in [-0.2, 0) is 5.41 Å². The van der Waals surface area contributed by atoms with E-state index in [-0.39, 0.29) is 5.69 Å². The Hall–Kier alpha value is -2.28. The number of nitro benzene ring substituents is 1. The number of nitrogens with zero attached hydrogens (tertiary/aromatic N) is 3. The molecule has 0 fully saturated rings. The molecule has 2 rings (SSSR count). The molecule has 112 valence electrons. The van der Waals surface area contributed by atoms with E-state index in [0.717, 1.165) is 0 Å². The maximum absolute atomic E-state index is 10.8. The van der Waals surface area contributed by atoms with E-state index >= 15 is 0 Å². The average molecular weight is 290 g/mol. The largest absolute Gasteiger partial charge is 0.338 e. The Morgan fingerprint density at radius 2 is 1.95 bits per heavy atom. The lowest BCUT2D eigenvalue weighted by Gasteiger charge is -2.34. The summed E-state index contributed by atoms with van der Waals surface area (Å²) in [4.78, 5) is 14.7. The maximum atomic E-state index is 10.8. The van der Waals surface area contributed by atoms with Gasteiger partial charge < -0.3 is 10.3 Å². The first-order valence-corrected chi connectivity index (χ1v) is 6.51. The van der Waals surface area contributed by atoms with Gasteiger partial charge in [-0.2, -0.15) is 4.98 Å². The summed E-state index contributed by atoms with van der Waals surface area (Å²) in [5.41, 5.74) is 5.57. The van der Waals surface area contributed by atoms with Crippen molar-refractivity contribution in [3.63, 3.8) is 0 Å². The van der Waals surface area contributed by atoms with Gasteiger partial charge in [0.1, 0.15) is 0 Å². The van der Waals surface area contributed by atoms with Crippen LogP contribution in [0.15, 0.2) is 28.8 Å². The second kappa shape index (κ2) is 4.92. The Balaban J connectivity index is 2.41. The number of nitrogens with two attached hydrogens (primary N) is 1. The van der Waals surface area contributed by atoms with Crippen LogP contribution < -0.4 is 5.73 Å². The fourth-order valence-corrected chi connectivity index (χ4v) is 1.63. The van der Waals surface area contributed by atoms with E-state index in [2.05, 4.69) is 10.1 Å². The number of benzene rings is 1. The number of rotatable bonds is 4. The van der Waals surface area contributed by atoms with E-state index in [9.17, 15) is 10.1 Å². The third-order valence-corrected chi connectivity index (χ3v) is 3.89. The highest BCUT2D eigenvalue weighted by Gasteiger charge is 2.40. The molecule has 7 nitrogen and oxygen atoms in total. The first-order valence-electron chi connectivity index (χ1n) is 6.51. The van der Waals surface area contributed by atoms with Crippen molar-refractivity contribution >= 4 is 5.69 Å². The first kappa shape index (κ1) is 15.1. The van der Waals surface area contributed by atoms with E-state index in [0.29, 0.717) is 17.3 Å². The molecule has 0 aliphatic heterocycles. The van der Waals surface area contributed by atoms with Crippen molar-refractivity contribution in [2.24, 2.45) is 5.73 Å². The summed E-state index contributed by atoms with van der Waals surface area (Å²) in [6.07, 6.45) is 0. The third-order valence-electron chi connectivity index (χ3n) is 3.89. The zero-order valence-electron chi connectivity index (χ0n) is 12.5. The highest BCUT2D eigenvalue weighted by Crippen LogP contribution is 2.33. The molecule has 0 spiro atoms. The molecule has 2 aromatic rings. The Kier molecular flexibility index (Phi) is 3.54. The van der Waals surface area contributed by atoms with Gasteiger partial charge in [-0.15, -0.1) is 0 Å². The van der Waals surface area contributed by atoms with Crippen LogP contribution >= 0.6 is 0 Å². The Morgan fingerprint density at radius 1 is 1.29 bits per heavy atom. The van der Waals surface area contributed by atoms with E-state index in [4.69, 9.17) is 10.3 Å². The van der Waals surface area contributed by atoms with Gasteiger partial charge in [0.15, 0.2) is 0 Å². The molecule has 0 unspecified atom stereocenters. The molecule has 2 N–H and O–H groups in total. The highest BCUT2D eigenvalue weighted by molar-refractivity contribution is 5.58. The van der Waals surface area contributed by atoms with Gasteiger partial charge in [-0.25, -0.2) is 0 Å². The van der Waals surface area contributed by atoms with Crippen molar-refractivity contribution in [2.75, 3.05) is 0 Å². The van der Waals surface area contributed by atoms with Gasteiger partial charge in [0, 0.05) is 23.2 Å². The van der Waals surface area contributed by atoms with Crippen LogP contribution in [0.1, 0.15) is 33.6 Å².